The highest BCUT2D eigenvalue weighted by molar-refractivity contribution is 6.72. The summed E-state index contributed by atoms with van der Waals surface area (Å²) in [5, 5.41) is -0.0673. The topological polar surface area (TPSA) is 63.8 Å². The molecule has 0 aromatic heterocycles. The predicted molar refractivity (Wildman–Crippen MR) is 124 cm³/mol. The molecular formula is C25H40O5Si. The first-order chi connectivity index (χ1) is 14.5. The van der Waals surface area contributed by atoms with Gasteiger partial charge in [-0.15, -0.1) is 0 Å². The third-order valence-corrected chi connectivity index (χ3v) is 12.0. The monoisotopic (exact) mass is 448 g/mol. The summed E-state index contributed by atoms with van der Waals surface area (Å²) >= 11 is 0. The van der Waals surface area contributed by atoms with Gasteiger partial charge in [0.25, 0.3) is 0 Å². The number of ether oxygens (including phenoxy) is 4. The number of methoxy groups -OCH3 is 1. The summed E-state index contributed by atoms with van der Waals surface area (Å²) < 4.78 is 24.5. The second-order valence-electron chi connectivity index (χ2n) is 11.2. The lowest BCUT2D eigenvalue weighted by Crippen LogP contribution is -2.54. The van der Waals surface area contributed by atoms with E-state index in [9.17, 15) is 4.80 Å². The summed E-state index contributed by atoms with van der Waals surface area (Å²) in [6.07, 6.45) is 4.22. The van der Waals surface area contributed by atoms with E-state index in [2.05, 4.69) is 33.9 Å². The third-order valence-electron chi connectivity index (χ3n) is 8.50. The van der Waals surface area contributed by atoms with Crippen LogP contribution in [0, 0.1) is 11.8 Å². The van der Waals surface area contributed by atoms with E-state index < -0.39 is 8.32 Å². The molecule has 1 spiro atoms. The molecule has 2 saturated heterocycles. The summed E-state index contributed by atoms with van der Waals surface area (Å²) in [4.78, 5) is 10.9. The predicted octanol–water partition coefficient (Wildman–Crippen LogP) is 4.79. The number of hydrogen-bond donors (Lipinski definition) is 1. The first kappa shape index (κ1) is 23.2. The Morgan fingerprint density at radius 1 is 1.23 bits per heavy atom. The van der Waals surface area contributed by atoms with Crippen LogP contribution in [0.2, 0.25) is 18.1 Å². The van der Waals surface area contributed by atoms with Crippen LogP contribution in [-0.2, 0) is 14.2 Å². The molecule has 2 aliphatic heterocycles. The van der Waals surface area contributed by atoms with Gasteiger partial charge in [-0.1, -0.05) is 32.0 Å². The number of hydrogen-bond acceptors (Lipinski definition) is 5. The van der Waals surface area contributed by atoms with Crippen molar-refractivity contribution in [3.63, 3.8) is 0 Å². The Bertz CT molecular complexity index is 757. The Labute approximate surface area is 188 Å². The highest BCUT2D eigenvalue weighted by Gasteiger charge is 2.72. The summed E-state index contributed by atoms with van der Waals surface area (Å²) in [5.41, 5.74) is -0.344. The fourth-order valence-corrected chi connectivity index (χ4v) is 6.49. The van der Waals surface area contributed by atoms with Gasteiger partial charge >= 0.3 is 0 Å². The lowest BCUT2D eigenvalue weighted by Gasteiger charge is -2.47. The van der Waals surface area contributed by atoms with Crippen LogP contribution in [0.3, 0.4) is 0 Å². The maximum Gasteiger partial charge on any atom is 0.188 e. The number of benzene rings is 1. The van der Waals surface area contributed by atoms with Crippen LogP contribution in [0.5, 0.6) is 5.75 Å². The van der Waals surface area contributed by atoms with Crippen LogP contribution < -0.4 is 4.74 Å². The van der Waals surface area contributed by atoms with E-state index in [4.69, 9.17) is 18.9 Å². The van der Waals surface area contributed by atoms with E-state index in [1.54, 1.807) is 0 Å². The Hall–Kier alpha value is -0.923. The minimum Gasteiger partial charge on any atom is -0.493 e. The van der Waals surface area contributed by atoms with Crippen molar-refractivity contribution >= 4 is 8.32 Å². The van der Waals surface area contributed by atoms with Crippen molar-refractivity contribution in [1.82, 2.24) is 0 Å². The molecule has 6 heteroatoms. The van der Waals surface area contributed by atoms with Gasteiger partial charge in [-0.25, -0.2) is 0 Å². The van der Waals surface area contributed by atoms with E-state index >= 15 is 0 Å². The minimum absolute atomic E-state index is 0.0673. The fraction of sp³-hybridized carbons (Fsp3) is 0.760. The summed E-state index contributed by atoms with van der Waals surface area (Å²) in [6.45, 7) is 12.2. The van der Waals surface area contributed by atoms with Crippen LogP contribution in [-0.4, -0.2) is 56.8 Å². The van der Waals surface area contributed by atoms with Crippen molar-refractivity contribution in [2.24, 2.45) is 11.8 Å². The molecule has 6 atom stereocenters. The van der Waals surface area contributed by atoms with Crippen molar-refractivity contribution in [3.8, 4) is 5.75 Å². The molecule has 5 nitrogen and oxygen atoms in total. The molecule has 1 saturated carbocycles. The second kappa shape index (κ2) is 8.14. The lowest BCUT2D eigenvalue weighted by atomic mass is 9.64. The molecule has 174 valence electrons. The Balaban J connectivity index is 1.44. The van der Waals surface area contributed by atoms with Crippen LogP contribution in [0.15, 0.2) is 30.3 Å². The third kappa shape index (κ3) is 4.47. The van der Waals surface area contributed by atoms with Crippen molar-refractivity contribution in [2.75, 3.05) is 20.3 Å². The normalized spacial score (nSPS) is 37.6. The van der Waals surface area contributed by atoms with Gasteiger partial charge in [0, 0.05) is 19.4 Å². The van der Waals surface area contributed by atoms with Gasteiger partial charge in [-0.3, -0.25) is 0 Å². The Kier molecular flexibility index (Phi) is 6.10. The van der Waals surface area contributed by atoms with Gasteiger partial charge in [0.2, 0.25) is 0 Å². The second-order valence-corrected chi connectivity index (χ2v) is 15.7. The lowest BCUT2D eigenvalue weighted by molar-refractivity contribution is -0.0866. The minimum atomic E-state index is -2.28. The SMILES string of the molecule is CO[C@@H]1[C@H](CC(C)(C)[Si](C)(C)O)CC[C@]2(CO2)[C@H]1C1(C)O[C@@H]1CCOc1ccccc1. The summed E-state index contributed by atoms with van der Waals surface area (Å²) in [7, 11) is -0.448. The molecule has 0 radical (unpaired) electrons. The van der Waals surface area contributed by atoms with Gasteiger partial charge in [0.1, 0.15) is 11.4 Å². The smallest absolute Gasteiger partial charge is 0.188 e. The van der Waals surface area contributed by atoms with Crippen LogP contribution in [0.1, 0.15) is 46.5 Å². The molecule has 31 heavy (non-hydrogen) atoms. The number of epoxide rings is 2. The molecule has 2 heterocycles. The van der Waals surface area contributed by atoms with Crippen molar-refractivity contribution in [2.45, 2.75) is 88.0 Å². The zero-order valence-electron chi connectivity index (χ0n) is 20.0. The molecule has 1 aromatic rings. The van der Waals surface area contributed by atoms with Crippen LogP contribution in [0.25, 0.3) is 0 Å². The Morgan fingerprint density at radius 2 is 1.90 bits per heavy atom. The van der Waals surface area contributed by atoms with E-state index in [0.29, 0.717) is 12.5 Å². The van der Waals surface area contributed by atoms with Crippen molar-refractivity contribution < 1.29 is 23.7 Å². The average molecular weight is 449 g/mol. The van der Waals surface area contributed by atoms with Crippen LogP contribution >= 0.6 is 0 Å². The van der Waals surface area contributed by atoms with Crippen LogP contribution in [0.4, 0.5) is 0 Å². The van der Waals surface area contributed by atoms with E-state index in [1.165, 1.54) is 0 Å². The molecule has 1 N–H and O–H groups in total. The standard InChI is InChI=1S/C25H40O5Si/c1-23(2,31(5,6)26)16-18-12-14-25(17-29-25)22(21(18)27-4)24(3)20(30-24)13-15-28-19-10-8-7-9-11-19/h7-11,18,20-22,26H,12-17H2,1-6H3/t18-,20+,21+,22+,24?,25-/m0/s1. The molecule has 1 unspecified atom stereocenters. The van der Waals surface area contributed by atoms with Gasteiger partial charge in [0.15, 0.2) is 8.32 Å². The maximum absolute atomic E-state index is 10.9. The molecular weight excluding hydrogens is 408 g/mol. The molecule has 1 aliphatic carbocycles. The van der Waals surface area contributed by atoms with Gasteiger partial charge in [0.05, 0.1) is 31.0 Å². The molecule has 0 amide bonds. The van der Waals surface area contributed by atoms with E-state index in [1.807, 2.05) is 37.4 Å². The average Bonchev–Trinajstić information content (AvgIpc) is 3.61. The van der Waals surface area contributed by atoms with Crippen molar-refractivity contribution in [1.29, 1.82) is 0 Å². The zero-order valence-corrected chi connectivity index (χ0v) is 21.0. The first-order valence-corrected chi connectivity index (χ1v) is 14.7. The number of para-hydroxylation sites is 1. The van der Waals surface area contributed by atoms with E-state index in [0.717, 1.165) is 38.0 Å². The largest absolute Gasteiger partial charge is 0.493 e. The Morgan fingerprint density at radius 3 is 2.48 bits per heavy atom. The fourth-order valence-electron chi connectivity index (χ4n) is 5.73. The molecule has 3 aliphatic rings. The first-order valence-electron chi connectivity index (χ1n) is 11.8. The molecule has 4 rings (SSSR count). The maximum atomic E-state index is 10.9. The molecule has 3 fully saturated rings. The highest BCUT2D eigenvalue weighted by Crippen LogP contribution is 2.61. The van der Waals surface area contributed by atoms with Gasteiger partial charge in [-0.2, -0.15) is 0 Å². The van der Waals surface area contributed by atoms with E-state index in [-0.39, 0.29) is 34.4 Å². The highest BCUT2D eigenvalue weighted by atomic mass is 28.4. The zero-order chi connectivity index (χ0) is 22.5. The summed E-state index contributed by atoms with van der Waals surface area (Å²) in [6, 6.07) is 9.95. The molecule has 1 aromatic carbocycles. The molecule has 0 bridgehead atoms. The van der Waals surface area contributed by atoms with Crippen molar-refractivity contribution in [3.05, 3.63) is 30.3 Å². The van der Waals surface area contributed by atoms with Gasteiger partial charge < -0.3 is 23.7 Å². The summed E-state index contributed by atoms with van der Waals surface area (Å²) in [5.74, 6) is 1.52. The van der Waals surface area contributed by atoms with Gasteiger partial charge in [-0.05, 0) is 62.4 Å². The quantitative estimate of drug-likeness (QED) is 0.435. The number of rotatable bonds is 9.